The molecule has 7 N–H and O–H groups in total. The first-order chi connectivity index (χ1) is 15.2. The fourth-order valence-corrected chi connectivity index (χ4v) is 3.31. The van der Waals surface area contributed by atoms with Gasteiger partial charge in [0.1, 0.15) is 0 Å². The van der Waals surface area contributed by atoms with Gasteiger partial charge in [0.15, 0.2) is 0 Å². The van der Waals surface area contributed by atoms with E-state index in [1.165, 1.54) is 0 Å². The summed E-state index contributed by atoms with van der Waals surface area (Å²) in [5.41, 5.74) is 15.4. The highest BCUT2D eigenvalue weighted by Gasteiger charge is 2.19. The van der Waals surface area contributed by atoms with Crippen LogP contribution in [0.4, 0.5) is 0 Å². The molecule has 0 saturated heterocycles. The summed E-state index contributed by atoms with van der Waals surface area (Å²) in [6, 6.07) is 0. The monoisotopic (exact) mass is 438 g/mol. The van der Waals surface area contributed by atoms with E-state index < -0.39 is 0 Å². The van der Waals surface area contributed by atoms with Gasteiger partial charge in [0.05, 0.1) is 17.1 Å². The van der Waals surface area contributed by atoms with Crippen molar-refractivity contribution in [3.05, 3.63) is 35.7 Å². The minimum atomic E-state index is 0.126. The van der Waals surface area contributed by atoms with Crippen molar-refractivity contribution in [2.75, 3.05) is 46.0 Å². The second-order valence-corrected chi connectivity index (χ2v) is 7.52. The van der Waals surface area contributed by atoms with Gasteiger partial charge in [0, 0.05) is 77.7 Å². The summed E-state index contributed by atoms with van der Waals surface area (Å²) in [6.45, 7) is 4.40. The van der Waals surface area contributed by atoms with Crippen molar-refractivity contribution in [2.24, 2.45) is 0 Å². The average molecular weight is 439 g/mol. The minimum Gasteiger partial charge on any atom is -0.396 e. The maximum atomic E-state index is 9.02. The fourth-order valence-electron chi connectivity index (χ4n) is 3.31. The Morgan fingerprint density at radius 3 is 1.87 bits per heavy atom. The number of hydrogen-bond acceptors (Lipinski definition) is 12. The molecule has 174 valence electrons. The number of aliphatic hydroxyl groups excluding tert-OH is 3. The van der Waals surface area contributed by atoms with Crippen LogP contribution >= 0.6 is 0 Å². The molecular formula is C18H34N10O3. The van der Waals surface area contributed by atoms with Crippen LogP contribution in [0, 0.1) is 0 Å². The lowest BCUT2D eigenvalue weighted by Gasteiger charge is -2.21. The Balaban J connectivity index is 1.62. The quantitative estimate of drug-likeness (QED) is 0.156. The van der Waals surface area contributed by atoms with Crippen LogP contribution in [0.25, 0.3) is 0 Å². The van der Waals surface area contributed by atoms with Crippen molar-refractivity contribution in [1.29, 1.82) is 0 Å². The molecule has 1 aromatic rings. The van der Waals surface area contributed by atoms with Crippen molar-refractivity contribution in [2.45, 2.75) is 32.4 Å². The summed E-state index contributed by atoms with van der Waals surface area (Å²) in [7, 11) is 0. The first-order valence-corrected chi connectivity index (χ1v) is 10.6. The number of hydrogen-bond donors (Lipinski definition) is 7. The zero-order valence-corrected chi connectivity index (χ0v) is 17.7. The Morgan fingerprint density at radius 2 is 1.32 bits per heavy atom. The zero-order valence-electron chi connectivity index (χ0n) is 17.7. The Kier molecular flexibility index (Phi) is 9.33. The molecule has 0 radical (unpaired) electrons. The smallest absolute Gasteiger partial charge is 0.0967 e. The lowest BCUT2D eigenvalue weighted by molar-refractivity contribution is 0.221. The van der Waals surface area contributed by atoms with Crippen LogP contribution in [0.2, 0.25) is 0 Å². The van der Waals surface area contributed by atoms with E-state index in [0.29, 0.717) is 58.5 Å². The third kappa shape index (κ3) is 7.65. The van der Waals surface area contributed by atoms with E-state index in [-0.39, 0.29) is 19.8 Å². The first-order valence-electron chi connectivity index (χ1n) is 10.6. The molecule has 3 rings (SSSR count). The van der Waals surface area contributed by atoms with E-state index in [1.807, 2.05) is 28.6 Å². The summed E-state index contributed by atoms with van der Waals surface area (Å²) < 4.78 is 1.75. The molecule has 0 fully saturated rings. The Labute approximate surface area is 181 Å². The van der Waals surface area contributed by atoms with Crippen LogP contribution in [0.5, 0.6) is 0 Å². The van der Waals surface area contributed by atoms with Gasteiger partial charge in [-0.3, -0.25) is 19.6 Å². The third-order valence-electron chi connectivity index (χ3n) is 4.76. The number of aromatic nitrogens is 3. The largest absolute Gasteiger partial charge is 0.396 e. The van der Waals surface area contributed by atoms with Gasteiger partial charge < -0.3 is 26.2 Å². The molecule has 0 aliphatic carbocycles. The number of aryl methyl sites for hydroxylation is 1. The van der Waals surface area contributed by atoms with Crippen molar-refractivity contribution >= 4 is 0 Å². The fraction of sp³-hybridized carbons (Fsp3) is 0.667. The molecule has 2 aliphatic heterocycles. The average Bonchev–Trinajstić information content (AvgIpc) is 3.51. The number of aliphatic hydroxyl groups is 3. The van der Waals surface area contributed by atoms with Gasteiger partial charge in [-0.2, -0.15) is 0 Å². The maximum Gasteiger partial charge on any atom is 0.0967 e. The SMILES string of the molecule is OCCCN1C=C(CN(CC2=CN(CCCO)NN2)Cc2cn(CCCO)nn2)NN1. The minimum absolute atomic E-state index is 0.126. The van der Waals surface area contributed by atoms with Crippen molar-refractivity contribution < 1.29 is 15.3 Å². The molecule has 31 heavy (non-hydrogen) atoms. The van der Waals surface area contributed by atoms with Crippen molar-refractivity contribution in [3.63, 3.8) is 0 Å². The van der Waals surface area contributed by atoms with Crippen LogP contribution in [0.1, 0.15) is 25.0 Å². The standard InChI is InChI=1S/C18H34N10O3/c29-7-1-4-26-13-16(19-22-26)10-25(11-17-14-27(23-20-17)5-2-8-30)12-18-15-28(24-21-18)6-3-9-31/h13-15,19-20,22-23,29-31H,1-12H2. The molecule has 13 nitrogen and oxygen atoms in total. The van der Waals surface area contributed by atoms with E-state index >= 15 is 0 Å². The number of nitrogens with zero attached hydrogens (tertiary/aromatic N) is 6. The van der Waals surface area contributed by atoms with E-state index in [2.05, 4.69) is 37.1 Å². The third-order valence-corrected chi connectivity index (χ3v) is 4.76. The predicted molar refractivity (Wildman–Crippen MR) is 113 cm³/mol. The molecule has 1 aromatic heterocycles. The van der Waals surface area contributed by atoms with E-state index in [0.717, 1.165) is 17.1 Å². The van der Waals surface area contributed by atoms with E-state index in [9.17, 15) is 0 Å². The molecule has 2 aliphatic rings. The predicted octanol–water partition coefficient (Wildman–Crippen LogP) is -2.44. The molecule has 0 spiro atoms. The molecule has 0 atom stereocenters. The molecule has 0 aromatic carbocycles. The van der Waals surface area contributed by atoms with Gasteiger partial charge in [0.2, 0.25) is 0 Å². The molecule has 0 unspecified atom stereocenters. The Morgan fingerprint density at radius 1 is 0.774 bits per heavy atom. The second-order valence-electron chi connectivity index (χ2n) is 7.52. The molecule has 3 heterocycles. The Bertz CT molecular complexity index is 689. The number of nitrogens with one attached hydrogen (secondary N) is 4. The highest BCUT2D eigenvalue weighted by atomic mass is 16.3. The van der Waals surface area contributed by atoms with Crippen LogP contribution in [0.3, 0.4) is 0 Å². The van der Waals surface area contributed by atoms with Gasteiger partial charge >= 0.3 is 0 Å². The second kappa shape index (κ2) is 12.4. The van der Waals surface area contributed by atoms with Crippen LogP contribution in [0.15, 0.2) is 30.0 Å². The summed E-state index contributed by atoms with van der Waals surface area (Å²) in [5, 5.41) is 39.3. The highest BCUT2D eigenvalue weighted by molar-refractivity contribution is 5.09. The van der Waals surface area contributed by atoms with Gasteiger partial charge in [-0.15, -0.1) is 16.2 Å². The van der Waals surface area contributed by atoms with Crippen LogP contribution in [-0.2, 0) is 13.1 Å². The molecule has 0 amide bonds. The van der Waals surface area contributed by atoms with Gasteiger partial charge in [-0.1, -0.05) is 5.21 Å². The van der Waals surface area contributed by atoms with Crippen LogP contribution < -0.4 is 21.9 Å². The maximum absolute atomic E-state index is 9.02. The highest BCUT2D eigenvalue weighted by Crippen LogP contribution is 2.11. The first kappa shape index (κ1) is 23.2. The summed E-state index contributed by atoms with van der Waals surface area (Å²) in [6.07, 6.45) is 7.93. The Hall–Kier alpha value is -2.42. The topological polar surface area (TPSA) is 149 Å². The van der Waals surface area contributed by atoms with Gasteiger partial charge in [0.25, 0.3) is 0 Å². The summed E-state index contributed by atoms with van der Waals surface area (Å²) >= 11 is 0. The van der Waals surface area contributed by atoms with Crippen molar-refractivity contribution in [3.8, 4) is 0 Å². The van der Waals surface area contributed by atoms with Crippen molar-refractivity contribution in [1.82, 2.24) is 51.8 Å². The number of hydrazine groups is 4. The van der Waals surface area contributed by atoms with Crippen LogP contribution in [-0.4, -0.2) is 91.2 Å². The lowest BCUT2D eigenvalue weighted by atomic mass is 10.3. The van der Waals surface area contributed by atoms with E-state index in [1.54, 1.807) is 4.68 Å². The van der Waals surface area contributed by atoms with E-state index in [4.69, 9.17) is 15.3 Å². The normalized spacial score (nSPS) is 16.0. The number of rotatable bonds is 15. The molecule has 0 saturated carbocycles. The zero-order chi connectivity index (χ0) is 21.9. The lowest BCUT2D eigenvalue weighted by Crippen LogP contribution is -2.40. The molecule has 13 heteroatoms. The summed E-state index contributed by atoms with van der Waals surface area (Å²) in [5.74, 6) is 0. The van der Waals surface area contributed by atoms with Gasteiger partial charge in [-0.05, 0) is 19.3 Å². The van der Waals surface area contributed by atoms with Gasteiger partial charge in [-0.25, -0.2) is 0 Å². The molecular weight excluding hydrogens is 404 g/mol. The molecule has 0 bridgehead atoms. The summed E-state index contributed by atoms with van der Waals surface area (Å²) in [4.78, 5) is 2.23.